The third-order valence-corrected chi connectivity index (χ3v) is 3.18. The molecule has 0 aromatic rings. The predicted molar refractivity (Wildman–Crippen MR) is 34.7 cm³/mol. The normalized spacial score (nSPS) is 53.2. The Morgan fingerprint density at radius 1 is 0.846 bits per heavy atom. The average molecular weight is 194 g/mol. The Balaban J connectivity index is 2.04. The van der Waals surface area contributed by atoms with E-state index in [2.05, 4.69) is 0 Å². The summed E-state index contributed by atoms with van der Waals surface area (Å²) >= 11 is 0. The van der Waals surface area contributed by atoms with Gasteiger partial charge in [0.2, 0.25) is 0 Å². The zero-order valence-corrected chi connectivity index (χ0v) is 6.38. The topological polar surface area (TPSA) is 9.23 Å². The first kappa shape index (κ1) is 7.79. The summed E-state index contributed by atoms with van der Waals surface area (Å²) in [7, 11) is 0. The van der Waals surface area contributed by atoms with Crippen LogP contribution < -0.4 is 0 Å². The second-order valence-corrected chi connectivity index (χ2v) is 3.75. The van der Waals surface area contributed by atoms with E-state index >= 15 is 0 Å². The van der Waals surface area contributed by atoms with Crippen molar-refractivity contribution in [2.24, 2.45) is 11.8 Å². The molecule has 0 amide bonds. The molecule has 2 bridgehead atoms. The van der Waals surface area contributed by atoms with Crippen molar-refractivity contribution in [3.63, 3.8) is 0 Å². The lowest BCUT2D eigenvalue weighted by molar-refractivity contribution is -0.346. The molecular formula is C8H6F4O. The van der Waals surface area contributed by atoms with E-state index in [0.29, 0.717) is 0 Å². The summed E-state index contributed by atoms with van der Waals surface area (Å²) in [5, 5.41) is 0. The van der Waals surface area contributed by atoms with Crippen LogP contribution in [0.15, 0.2) is 12.2 Å². The summed E-state index contributed by atoms with van der Waals surface area (Å²) in [5.41, 5.74) is 0. The lowest BCUT2D eigenvalue weighted by Gasteiger charge is -2.49. The van der Waals surface area contributed by atoms with Crippen LogP contribution in [0.2, 0.25) is 0 Å². The summed E-state index contributed by atoms with van der Waals surface area (Å²) in [5.74, 6) is -10.4. The molecule has 0 aromatic heterocycles. The molecular weight excluding hydrogens is 188 g/mol. The zero-order valence-electron chi connectivity index (χ0n) is 6.38. The van der Waals surface area contributed by atoms with Crippen LogP contribution >= 0.6 is 0 Å². The second kappa shape index (κ2) is 1.78. The summed E-state index contributed by atoms with van der Waals surface area (Å²) in [6.45, 7) is 0. The summed E-state index contributed by atoms with van der Waals surface area (Å²) in [4.78, 5) is 0. The van der Waals surface area contributed by atoms with Crippen molar-refractivity contribution in [1.29, 1.82) is 0 Å². The van der Waals surface area contributed by atoms with Crippen molar-refractivity contribution < 1.29 is 22.3 Å². The van der Waals surface area contributed by atoms with Gasteiger partial charge in [0.1, 0.15) is 0 Å². The van der Waals surface area contributed by atoms with Crippen molar-refractivity contribution in [1.82, 2.24) is 0 Å². The van der Waals surface area contributed by atoms with Crippen LogP contribution in [0.1, 0.15) is 0 Å². The van der Waals surface area contributed by atoms with Gasteiger partial charge in [-0.05, 0) is 0 Å². The van der Waals surface area contributed by atoms with E-state index < -0.39 is 35.9 Å². The van der Waals surface area contributed by atoms with Crippen LogP contribution in [-0.2, 0) is 4.74 Å². The Bertz CT molecular complexity index is 271. The monoisotopic (exact) mass is 194 g/mol. The second-order valence-electron chi connectivity index (χ2n) is 3.75. The first-order valence-corrected chi connectivity index (χ1v) is 4.05. The molecule has 4 atom stereocenters. The van der Waals surface area contributed by atoms with Gasteiger partial charge in [-0.2, -0.15) is 17.6 Å². The van der Waals surface area contributed by atoms with Gasteiger partial charge in [0.05, 0.1) is 24.0 Å². The highest BCUT2D eigenvalue weighted by molar-refractivity contribution is 5.28. The van der Waals surface area contributed by atoms with Gasteiger partial charge in [-0.25, -0.2) is 0 Å². The highest BCUT2D eigenvalue weighted by atomic mass is 19.3. The zero-order chi connectivity index (χ0) is 9.43. The van der Waals surface area contributed by atoms with E-state index in [-0.39, 0.29) is 0 Å². The van der Waals surface area contributed by atoms with Crippen LogP contribution in [-0.4, -0.2) is 24.1 Å². The molecule has 0 aromatic carbocycles. The maximum absolute atomic E-state index is 12.9. The highest BCUT2D eigenvalue weighted by Gasteiger charge is 2.84. The minimum atomic E-state index is -3.89. The molecule has 2 aliphatic heterocycles. The molecule has 13 heavy (non-hydrogen) atoms. The van der Waals surface area contributed by atoms with Crippen LogP contribution in [0.5, 0.6) is 0 Å². The molecule has 72 valence electrons. The molecule has 1 saturated heterocycles. The van der Waals surface area contributed by atoms with Crippen molar-refractivity contribution >= 4 is 0 Å². The highest BCUT2D eigenvalue weighted by Crippen LogP contribution is 2.67. The van der Waals surface area contributed by atoms with Crippen molar-refractivity contribution in [3.05, 3.63) is 12.2 Å². The summed E-state index contributed by atoms with van der Waals surface area (Å²) in [6.07, 6.45) is 1.30. The standard InChI is InChI=1S/C8H6F4O/c9-7(10)5-3-1-2-4(13-3)6(5)8(7,11)12/h1-6H/t3-,4-,5+,6+/m1/s1. The van der Waals surface area contributed by atoms with Gasteiger partial charge in [-0.15, -0.1) is 0 Å². The predicted octanol–water partition coefficient (Wildman–Crippen LogP) is 1.84. The maximum Gasteiger partial charge on any atom is 0.316 e. The van der Waals surface area contributed by atoms with Gasteiger partial charge in [-0.3, -0.25) is 0 Å². The molecule has 3 rings (SSSR count). The van der Waals surface area contributed by atoms with E-state index in [1.807, 2.05) is 0 Å². The lowest BCUT2D eigenvalue weighted by Crippen LogP contribution is -2.69. The smallest absolute Gasteiger partial charge is 0.316 e. The average Bonchev–Trinajstić information content (AvgIpc) is 2.60. The number of alkyl halides is 4. The van der Waals surface area contributed by atoms with E-state index in [4.69, 9.17) is 4.74 Å². The lowest BCUT2D eigenvalue weighted by atomic mass is 9.61. The number of hydrogen-bond donors (Lipinski definition) is 0. The first-order chi connectivity index (χ1) is 5.96. The van der Waals surface area contributed by atoms with Crippen molar-refractivity contribution in [3.8, 4) is 0 Å². The van der Waals surface area contributed by atoms with E-state index in [0.717, 1.165) is 0 Å². The van der Waals surface area contributed by atoms with Crippen LogP contribution in [0.3, 0.4) is 0 Å². The Morgan fingerprint density at radius 2 is 1.23 bits per heavy atom. The minimum Gasteiger partial charge on any atom is -0.366 e. The van der Waals surface area contributed by atoms with Crippen molar-refractivity contribution in [2.75, 3.05) is 0 Å². The van der Waals surface area contributed by atoms with Gasteiger partial charge < -0.3 is 4.74 Å². The van der Waals surface area contributed by atoms with Crippen LogP contribution in [0, 0.1) is 11.8 Å². The van der Waals surface area contributed by atoms with Gasteiger partial charge >= 0.3 is 11.8 Å². The minimum absolute atomic E-state index is 0.801. The fourth-order valence-corrected chi connectivity index (χ4v) is 2.52. The molecule has 3 aliphatic rings. The number of rotatable bonds is 0. The van der Waals surface area contributed by atoms with Crippen molar-refractivity contribution in [2.45, 2.75) is 24.1 Å². The number of halogens is 4. The van der Waals surface area contributed by atoms with E-state index in [1.54, 1.807) is 0 Å². The van der Waals surface area contributed by atoms with Gasteiger partial charge in [0.25, 0.3) is 0 Å². The SMILES string of the molecule is FC1(F)[C@@H]2[C@H]([C@H]3C=C[C@H]2O3)C1(F)F. The Hall–Kier alpha value is -0.580. The number of hydrogen-bond acceptors (Lipinski definition) is 1. The van der Waals surface area contributed by atoms with Gasteiger partial charge in [0, 0.05) is 0 Å². The quantitative estimate of drug-likeness (QED) is 0.422. The largest absolute Gasteiger partial charge is 0.366 e. The summed E-state index contributed by atoms with van der Waals surface area (Å²) < 4.78 is 56.4. The van der Waals surface area contributed by atoms with E-state index in [1.165, 1.54) is 12.2 Å². The van der Waals surface area contributed by atoms with Gasteiger partial charge in [0.15, 0.2) is 0 Å². The fourth-order valence-electron chi connectivity index (χ4n) is 2.52. The van der Waals surface area contributed by atoms with Gasteiger partial charge in [-0.1, -0.05) is 12.2 Å². The van der Waals surface area contributed by atoms with Crippen LogP contribution in [0.4, 0.5) is 17.6 Å². The Labute approximate surface area is 71.4 Å². The molecule has 2 heterocycles. The number of fused-ring (bicyclic) bond motifs is 5. The number of ether oxygens (including phenoxy) is 1. The molecule has 0 spiro atoms. The third kappa shape index (κ3) is 0.591. The molecule has 5 heteroatoms. The Kier molecular flexibility index (Phi) is 1.06. The summed E-state index contributed by atoms with van der Waals surface area (Å²) in [6, 6.07) is 0. The molecule has 1 aliphatic carbocycles. The molecule has 0 unspecified atom stereocenters. The molecule has 0 N–H and O–H groups in total. The van der Waals surface area contributed by atoms with Crippen LogP contribution in [0.25, 0.3) is 0 Å². The molecule has 2 fully saturated rings. The van der Waals surface area contributed by atoms with E-state index in [9.17, 15) is 17.6 Å². The first-order valence-electron chi connectivity index (χ1n) is 4.05. The molecule has 1 nitrogen and oxygen atoms in total. The Morgan fingerprint density at radius 3 is 1.62 bits per heavy atom. The molecule has 0 radical (unpaired) electrons. The fraction of sp³-hybridized carbons (Fsp3) is 0.750. The molecule has 1 saturated carbocycles. The third-order valence-electron chi connectivity index (χ3n) is 3.18. The maximum atomic E-state index is 12.9.